The number of thiophene rings is 1. The van der Waals surface area contributed by atoms with Crippen molar-refractivity contribution in [1.82, 2.24) is 9.78 Å². The lowest BCUT2D eigenvalue weighted by Gasteiger charge is -2.49. The highest BCUT2D eigenvalue weighted by molar-refractivity contribution is 7.22. The van der Waals surface area contributed by atoms with Gasteiger partial charge in [0.25, 0.3) is 0 Å². The van der Waals surface area contributed by atoms with Crippen LogP contribution in [-0.4, -0.2) is 44.3 Å². The van der Waals surface area contributed by atoms with Crippen molar-refractivity contribution in [2.75, 3.05) is 9.80 Å². The van der Waals surface area contributed by atoms with Crippen molar-refractivity contribution in [2.24, 2.45) is 36.1 Å². The van der Waals surface area contributed by atoms with E-state index in [1.165, 1.54) is 27.5 Å². The normalized spacial score (nSPS) is 26.1. The van der Waals surface area contributed by atoms with Crippen molar-refractivity contribution in [3.63, 3.8) is 0 Å². The quantitative estimate of drug-likeness (QED) is 0.108. The monoisotopic (exact) mass is 792 g/mol. The molecule has 4 amide bonds. The summed E-state index contributed by atoms with van der Waals surface area (Å²) in [6, 6.07) is 18.4. The third-order valence-electron chi connectivity index (χ3n) is 12.3. The molecule has 278 valence electrons. The van der Waals surface area contributed by atoms with E-state index in [0.717, 1.165) is 26.1 Å². The molecule has 9 rings (SSSR count). The molecule has 3 aromatic carbocycles. The van der Waals surface area contributed by atoms with Crippen molar-refractivity contribution in [3.05, 3.63) is 105 Å². The average Bonchev–Trinajstić information content (AvgIpc) is 3.83. The Morgan fingerprint density at radius 2 is 1.62 bits per heavy atom. The van der Waals surface area contributed by atoms with Gasteiger partial charge in [-0.05, 0) is 111 Å². The number of aryl methyl sites for hydroxylation is 2. The molecule has 3 fully saturated rings. The number of ketones is 1. The van der Waals surface area contributed by atoms with E-state index in [0.29, 0.717) is 38.4 Å². The van der Waals surface area contributed by atoms with Gasteiger partial charge in [0.15, 0.2) is 5.78 Å². The number of phenols is 1. The standard InChI is InChI=1S/C42H34Cl2N4O6S/c1-19-27-15-23(44)8-14-33(27)55-37(19)31-18-34(46(4)45-31)48-39(52)30-17-28-25(36(42(30,3)41(48)54)29-16-22(43)7-13-32(29)50)11-12-26-35(28)40(53)47(38(26)51)24-9-5-21(6-10-24)20(2)49/h5-11,13-16,18,26,28,30,35-36,50H,12,17H2,1-4H3. The number of carbonyl (C=O) groups is 5. The van der Waals surface area contributed by atoms with Gasteiger partial charge in [-0.2, -0.15) is 5.10 Å². The van der Waals surface area contributed by atoms with Crippen LogP contribution in [0.4, 0.5) is 11.5 Å². The van der Waals surface area contributed by atoms with E-state index in [2.05, 4.69) is 0 Å². The summed E-state index contributed by atoms with van der Waals surface area (Å²) in [5.41, 5.74) is 2.10. The predicted molar refractivity (Wildman–Crippen MR) is 210 cm³/mol. The molecule has 4 aliphatic rings. The van der Waals surface area contributed by atoms with Gasteiger partial charge in [-0.3, -0.25) is 33.6 Å². The van der Waals surface area contributed by atoms with Gasteiger partial charge in [-0.1, -0.05) is 34.9 Å². The van der Waals surface area contributed by atoms with Crippen LogP contribution in [0.5, 0.6) is 5.75 Å². The molecule has 2 aromatic heterocycles. The second-order valence-electron chi connectivity index (χ2n) is 15.2. The fourth-order valence-electron chi connectivity index (χ4n) is 9.65. The number of aromatic nitrogens is 2. The van der Waals surface area contributed by atoms with Crippen LogP contribution >= 0.6 is 34.5 Å². The molecule has 6 unspecified atom stereocenters. The van der Waals surface area contributed by atoms with Crippen LogP contribution in [0.2, 0.25) is 10.0 Å². The van der Waals surface area contributed by atoms with Crippen molar-refractivity contribution in [2.45, 2.75) is 39.5 Å². The first-order chi connectivity index (χ1) is 26.2. The van der Waals surface area contributed by atoms with Gasteiger partial charge in [0, 0.05) is 44.9 Å². The van der Waals surface area contributed by atoms with Crippen molar-refractivity contribution in [3.8, 4) is 16.3 Å². The van der Waals surface area contributed by atoms with Gasteiger partial charge in [0.1, 0.15) is 17.3 Å². The van der Waals surface area contributed by atoms with E-state index in [1.807, 2.05) is 31.2 Å². The molecule has 2 saturated heterocycles. The first-order valence-electron chi connectivity index (χ1n) is 18.0. The maximum absolute atomic E-state index is 15.1. The molecule has 10 nitrogen and oxygen atoms in total. The number of anilines is 2. The molecule has 5 aromatic rings. The fourth-order valence-corrected chi connectivity index (χ4v) is 11.1. The molecule has 0 spiro atoms. The topological polar surface area (TPSA) is 130 Å². The third kappa shape index (κ3) is 5.05. The average molecular weight is 794 g/mol. The number of benzene rings is 3. The first-order valence-corrected chi connectivity index (χ1v) is 19.6. The number of fused-ring (bicyclic) bond motifs is 5. The zero-order chi connectivity index (χ0) is 38.8. The van der Waals surface area contributed by atoms with Gasteiger partial charge in [-0.25, -0.2) is 4.90 Å². The van der Waals surface area contributed by atoms with Gasteiger partial charge in [0.2, 0.25) is 23.6 Å². The van der Waals surface area contributed by atoms with Crippen LogP contribution in [0.1, 0.15) is 54.1 Å². The number of nitrogens with zero attached hydrogens (tertiary/aromatic N) is 4. The van der Waals surface area contributed by atoms with Crippen LogP contribution in [0.25, 0.3) is 20.7 Å². The highest BCUT2D eigenvalue weighted by Gasteiger charge is 2.68. The Labute approximate surface area is 329 Å². The number of halogens is 2. The number of phenolic OH excluding ortho intramolecular Hbond substituents is 1. The van der Waals surface area contributed by atoms with Crippen LogP contribution in [0.3, 0.4) is 0 Å². The van der Waals surface area contributed by atoms with Gasteiger partial charge in [0.05, 0.1) is 33.7 Å². The lowest BCUT2D eigenvalue weighted by molar-refractivity contribution is -0.131. The molecule has 2 aliphatic carbocycles. The smallest absolute Gasteiger partial charge is 0.242 e. The summed E-state index contributed by atoms with van der Waals surface area (Å²) in [5, 5.41) is 18.1. The molecule has 0 bridgehead atoms. The summed E-state index contributed by atoms with van der Waals surface area (Å²) < 4.78 is 2.56. The Hall–Kier alpha value is -5.10. The maximum Gasteiger partial charge on any atom is 0.242 e. The van der Waals surface area contributed by atoms with Crippen LogP contribution < -0.4 is 9.80 Å². The number of rotatable bonds is 5. The Balaban J connectivity index is 1.14. The zero-order valence-corrected chi connectivity index (χ0v) is 32.5. The van der Waals surface area contributed by atoms with Gasteiger partial charge < -0.3 is 5.11 Å². The fraction of sp³-hybridized carbons (Fsp3) is 0.286. The third-order valence-corrected chi connectivity index (χ3v) is 14.1. The minimum Gasteiger partial charge on any atom is -0.508 e. The van der Waals surface area contributed by atoms with E-state index in [1.54, 1.807) is 67.8 Å². The van der Waals surface area contributed by atoms with Gasteiger partial charge >= 0.3 is 0 Å². The zero-order valence-electron chi connectivity index (χ0n) is 30.2. The summed E-state index contributed by atoms with van der Waals surface area (Å²) >= 11 is 14.4. The highest BCUT2D eigenvalue weighted by Crippen LogP contribution is 2.64. The van der Waals surface area contributed by atoms with Crippen LogP contribution in [-0.2, 0) is 26.2 Å². The Morgan fingerprint density at radius 3 is 2.35 bits per heavy atom. The SMILES string of the molecule is CC(=O)c1ccc(N2C(=O)C3CC=C4C(CC5C(=O)N(c6cc(-c7sc8ccc(Cl)cc8c7C)nn6C)C(=O)C5(C)C4c4cc(Cl)ccc4O)C3C2=O)cc1. The van der Waals surface area contributed by atoms with E-state index >= 15 is 4.79 Å². The Bertz CT molecular complexity index is 2590. The van der Waals surface area contributed by atoms with Crippen molar-refractivity contribution < 1.29 is 29.1 Å². The summed E-state index contributed by atoms with van der Waals surface area (Å²) in [5.74, 6) is -5.43. The van der Waals surface area contributed by atoms with Crippen molar-refractivity contribution in [1.29, 1.82) is 0 Å². The predicted octanol–water partition coefficient (Wildman–Crippen LogP) is 8.26. The number of amides is 4. The highest BCUT2D eigenvalue weighted by atomic mass is 35.5. The number of Topliss-reactive ketones (excluding diaryl/α,β-unsaturated/α-hetero) is 1. The molecular weight excluding hydrogens is 759 g/mol. The molecule has 1 saturated carbocycles. The lowest BCUT2D eigenvalue weighted by Crippen LogP contribution is -2.49. The first kappa shape index (κ1) is 35.6. The largest absolute Gasteiger partial charge is 0.508 e. The van der Waals surface area contributed by atoms with Crippen molar-refractivity contribution >= 4 is 85.5 Å². The minimum atomic E-state index is -1.39. The van der Waals surface area contributed by atoms with E-state index < -0.39 is 52.7 Å². The van der Waals surface area contributed by atoms with E-state index in [4.69, 9.17) is 28.3 Å². The number of allylic oxidation sites excluding steroid dienone is 2. The molecule has 0 radical (unpaired) electrons. The number of carbonyl (C=O) groups excluding carboxylic acids is 5. The summed E-state index contributed by atoms with van der Waals surface area (Å²) in [6.45, 7) is 5.19. The van der Waals surface area contributed by atoms with Crippen LogP contribution in [0.15, 0.2) is 78.4 Å². The molecule has 6 atom stereocenters. The molecule has 1 N–H and O–H groups in total. The molecule has 4 heterocycles. The number of hydrogen-bond donors (Lipinski definition) is 1. The number of hydrogen-bond acceptors (Lipinski definition) is 8. The molecule has 2 aliphatic heterocycles. The van der Waals surface area contributed by atoms with E-state index in [-0.39, 0.29) is 30.3 Å². The molecule has 13 heteroatoms. The maximum atomic E-state index is 15.1. The van der Waals surface area contributed by atoms with E-state index in [9.17, 15) is 24.3 Å². The summed E-state index contributed by atoms with van der Waals surface area (Å²) in [6.07, 6.45) is 2.29. The molecule has 55 heavy (non-hydrogen) atoms. The Morgan fingerprint density at radius 1 is 0.909 bits per heavy atom. The number of aromatic hydroxyl groups is 1. The van der Waals surface area contributed by atoms with Gasteiger partial charge in [-0.15, -0.1) is 11.3 Å². The van der Waals surface area contributed by atoms with Crippen LogP contribution in [0, 0.1) is 36.0 Å². The second kappa shape index (κ2) is 12.5. The lowest BCUT2D eigenvalue weighted by atomic mass is 9.51. The minimum absolute atomic E-state index is 0.0964. The summed E-state index contributed by atoms with van der Waals surface area (Å²) in [7, 11) is 1.69. The summed E-state index contributed by atoms with van der Waals surface area (Å²) in [4.78, 5) is 73.6. The number of imide groups is 2. The second-order valence-corrected chi connectivity index (χ2v) is 17.1. The molecular formula is C42H34Cl2N4O6S. The Kier molecular flexibility index (Phi) is 8.06.